The third kappa shape index (κ3) is 4.10. The summed E-state index contributed by atoms with van der Waals surface area (Å²) in [6.45, 7) is 1.81. The van der Waals surface area contributed by atoms with Gasteiger partial charge in [0.05, 0.1) is 17.4 Å². The highest BCUT2D eigenvalue weighted by Crippen LogP contribution is 2.26. The van der Waals surface area contributed by atoms with Gasteiger partial charge in [-0.05, 0) is 35.5 Å². The molecule has 1 saturated heterocycles. The Morgan fingerprint density at radius 2 is 2.00 bits per heavy atom. The van der Waals surface area contributed by atoms with Crippen LogP contribution in [0.25, 0.3) is 6.08 Å². The van der Waals surface area contributed by atoms with Crippen molar-refractivity contribution in [2.45, 2.75) is 6.42 Å². The van der Waals surface area contributed by atoms with E-state index in [0.29, 0.717) is 31.0 Å². The van der Waals surface area contributed by atoms with E-state index in [1.165, 1.54) is 0 Å². The third-order valence-electron chi connectivity index (χ3n) is 3.09. The number of thioether (sulfide) groups is 1. The molecule has 1 heterocycles. The van der Waals surface area contributed by atoms with Gasteiger partial charge in [0, 0.05) is 25.3 Å². The van der Waals surface area contributed by atoms with E-state index in [0.717, 1.165) is 23.0 Å². The number of carbonyl (C=O) groups is 2. The second-order valence-corrected chi connectivity index (χ2v) is 5.64. The van der Waals surface area contributed by atoms with Crippen molar-refractivity contribution in [2.75, 3.05) is 24.5 Å². The van der Waals surface area contributed by atoms with Crippen LogP contribution in [0.15, 0.2) is 29.2 Å². The van der Waals surface area contributed by atoms with Crippen molar-refractivity contribution in [3.8, 4) is 6.07 Å². The van der Waals surface area contributed by atoms with E-state index in [9.17, 15) is 9.59 Å². The Balaban J connectivity index is 2.12. The van der Waals surface area contributed by atoms with E-state index in [1.807, 2.05) is 29.2 Å². The summed E-state index contributed by atoms with van der Waals surface area (Å²) in [6.07, 6.45) is 2.11. The van der Waals surface area contributed by atoms with Gasteiger partial charge in [-0.2, -0.15) is 5.26 Å². The van der Waals surface area contributed by atoms with E-state index < -0.39 is 0 Å². The van der Waals surface area contributed by atoms with Crippen molar-refractivity contribution in [3.63, 3.8) is 0 Å². The molecule has 0 spiro atoms. The van der Waals surface area contributed by atoms with Gasteiger partial charge in [0.1, 0.15) is 0 Å². The van der Waals surface area contributed by atoms with Crippen LogP contribution in [0, 0.1) is 11.3 Å². The Labute approximate surface area is 133 Å². The van der Waals surface area contributed by atoms with Gasteiger partial charge in [0.25, 0.3) is 11.1 Å². The quantitative estimate of drug-likeness (QED) is 0.775. The van der Waals surface area contributed by atoms with Gasteiger partial charge >= 0.3 is 0 Å². The normalized spacial score (nSPS) is 15.7. The molecule has 0 saturated carbocycles. The van der Waals surface area contributed by atoms with Crippen molar-refractivity contribution in [3.05, 3.63) is 34.7 Å². The lowest BCUT2D eigenvalue weighted by molar-refractivity contribution is -0.115. The summed E-state index contributed by atoms with van der Waals surface area (Å²) < 4.78 is 0. The molecule has 0 bridgehead atoms. The number of imide groups is 1. The number of nitriles is 1. The first-order chi connectivity index (χ1) is 10.6. The lowest BCUT2D eigenvalue weighted by Crippen LogP contribution is -2.30. The Hall–Kier alpha value is -2.30. The fraction of sp³-hybridized carbons (Fsp3) is 0.267. The van der Waals surface area contributed by atoms with Crippen molar-refractivity contribution in [1.82, 2.24) is 5.32 Å². The summed E-state index contributed by atoms with van der Waals surface area (Å²) in [5, 5.41) is 10.6. The van der Waals surface area contributed by atoms with Crippen molar-refractivity contribution >= 4 is 34.7 Å². The highest BCUT2D eigenvalue weighted by atomic mass is 32.2. The van der Waals surface area contributed by atoms with Crippen LogP contribution < -0.4 is 16.0 Å². The fourth-order valence-corrected chi connectivity index (χ4v) is 2.75. The van der Waals surface area contributed by atoms with Crippen molar-refractivity contribution < 1.29 is 9.59 Å². The molecule has 1 aromatic rings. The number of anilines is 1. The molecule has 0 aromatic heterocycles. The first-order valence-electron chi connectivity index (χ1n) is 6.81. The van der Waals surface area contributed by atoms with Crippen LogP contribution in [-0.4, -0.2) is 30.8 Å². The Morgan fingerprint density at radius 3 is 2.55 bits per heavy atom. The second-order valence-electron chi connectivity index (χ2n) is 4.63. The number of hydrogen-bond donors (Lipinski definition) is 2. The number of amides is 2. The number of nitrogens with two attached hydrogens (primary N) is 1. The molecule has 3 N–H and O–H groups in total. The zero-order chi connectivity index (χ0) is 15.9. The second kappa shape index (κ2) is 7.64. The molecule has 1 fully saturated rings. The van der Waals surface area contributed by atoms with E-state index in [4.69, 9.17) is 11.0 Å². The third-order valence-corrected chi connectivity index (χ3v) is 3.90. The summed E-state index contributed by atoms with van der Waals surface area (Å²) in [4.78, 5) is 25.0. The van der Waals surface area contributed by atoms with E-state index in [-0.39, 0.29) is 11.1 Å². The summed E-state index contributed by atoms with van der Waals surface area (Å²) in [7, 11) is 0. The van der Waals surface area contributed by atoms with Crippen LogP contribution in [0.5, 0.6) is 0 Å². The Bertz CT molecular complexity index is 634. The summed E-state index contributed by atoms with van der Waals surface area (Å²) in [5.41, 5.74) is 7.40. The predicted molar refractivity (Wildman–Crippen MR) is 87.0 cm³/mol. The summed E-state index contributed by atoms with van der Waals surface area (Å²) in [6, 6.07) is 9.69. The molecular weight excluding hydrogens is 300 g/mol. The van der Waals surface area contributed by atoms with Gasteiger partial charge in [-0.15, -0.1) is 0 Å². The monoisotopic (exact) mass is 316 g/mol. The molecule has 2 rings (SSSR count). The number of carbonyl (C=O) groups excluding carboxylic acids is 2. The van der Waals surface area contributed by atoms with Crippen molar-refractivity contribution in [1.29, 1.82) is 5.26 Å². The average Bonchev–Trinajstić information content (AvgIpc) is 2.82. The standard InChI is InChI=1S/C15H16N4O2S/c16-6-1-8-19(9-7-17)12-4-2-11(3-5-12)10-13-14(20)18-15(21)22-13/h2-5,10H,1,7-9,17H2,(H,18,20,21)/b13-10-. The fourth-order valence-electron chi connectivity index (χ4n) is 2.06. The van der Waals surface area contributed by atoms with Gasteiger partial charge < -0.3 is 10.6 Å². The molecule has 1 aliphatic rings. The average molecular weight is 316 g/mol. The molecule has 7 heteroatoms. The maximum absolute atomic E-state index is 11.5. The molecular formula is C15H16N4O2S. The SMILES string of the molecule is N#CCCN(CCN)c1ccc(/C=C2\SC(=O)NC2=O)cc1. The predicted octanol–water partition coefficient (Wildman–Crippen LogP) is 1.69. The van der Waals surface area contributed by atoms with Gasteiger partial charge in [0.2, 0.25) is 0 Å². The topological polar surface area (TPSA) is 99.2 Å². The molecule has 22 heavy (non-hydrogen) atoms. The molecule has 1 aromatic carbocycles. The summed E-state index contributed by atoms with van der Waals surface area (Å²) in [5.74, 6) is -0.363. The van der Waals surface area contributed by atoms with Crippen LogP contribution in [0.4, 0.5) is 10.5 Å². The molecule has 0 atom stereocenters. The zero-order valence-corrected chi connectivity index (χ0v) is 12.7. The minimum absolute atomic E-state index is 0.349. The van der Waals surface area contributed by atoms with Gasteiger partial charge in [-0.25, -0.2) is 0 Å². The lowest BCUT2D eigenvalue weighted by atomic mass is 10.1. The Kier molecular flexibility index (Phi) is 5.58. The van der Waals surface area contributed by atoms with Gasteiger partial charge in [-0.3, -0.25) is 14.9 Å². The number of rotatable bonds is 6. The molecule has 2 amide bonds. The number of nitrogens with one attached hydrogen (secondary N) is 1. The molecule has 1 aliphatic heterocycles. The number of nitrogens with zero attached hydrogens (tertiary/aromatic N) is 2. The zero-order valence-electron chi connectivity index (χ0n) is 11.9. The van der Waals surface area contributed by atoms with Crippen LogP contribution in [0.2, 0.25) is 0 Å². The maximum Gasteiger partial charge on any atom is 0.290 e. The minimum Gasteiger partial charge on any atom is -0.369 e. The molecule has 6 nitrogen and oxygen atoms in total. The van der Waals surface area contributed by atoms with E-state index in [2.05, 4.69) is 11.4 Å². The molecule has 114 valence electrons. The van der Waals surface area contributed by atoms with Crippen LogP contribution in [-0.2, 0) is 4.79 Å². The highest BCUT2D eigenvalue weighted by Gasteiger charge is 2.24. The maximum atomic E-state index is 11.5. The molecule has 0 aliphatic carbocycles. The Morgan fingerprint density at radius 1 is 1.27 bits per heavy atom. The largest absolute Gasteiger partial charge is 0.369 e. The van der Waals surface area contributed by atoms with Gasteiger partial charge in [-0.1, -0.05) is 12.1 Å². The summed E-state index contributed by atoms with van der Waals surface area (Å²) >= 11 is 0.897. The molecule has 0 unspecified atom stereocenters. The minimum atomic E-state index is -0.363. The number of hydrogen-bond acceptors (Lipinski definition) is 6. The van der Waals surface area contributed by atoms with Crippen molar-refractivity contribution in [2.24, 2.45) is 5.73 Å². The van der Waals surface area contributed by atoms with Gasteiger partial charge in [0.15, 0.2) is 0 Å². The smallest absolute Gasteiger partial charge is 0.290 e. The lowest BCUT2D eigenvalue weighted by Gasteiger charge is -2.23. The number of benzene rings is 1. The first-order valence-corrected chi connectivity index (χ1v) is 7.62. The van der Waals surface area contributed by atoms with Crippen LogP contribution in [0.1, 0.15) is 12.0 Å². The van der Waals surface area contributed by atoms with Crippen LogP contribution in [0.3, 0.4) is 0 Å². The highest BCUT2D eigenvalue weighted by molar-refractivity contribution is 8.18. The first kappa shape index (κ1) is 16.1. The van der Waals surface area contributed by atoms with Crippen LogP contribution >= 0.6 is 11.8 Å². The molecule has 0 radical (unpaired) electrons. The van der Waals surface area contributed by atoms with E-state index in [1.54, 1.807) is 6.08 Å². The van der Waals surface area contributed by atoms with E-state index >= 15 is 0 Å².